The van der Waals surface area contributed by atoms with Gasteiger partial charge in [0.15, 0.2) is 0 Å². The van der Waals surface area contributed by atoms with E-state index in [-0.39, 0.29) is 12.5 Å². The summed E-state index contributed by atoms with van der Waals surface area (Å²) in [5.74, 6) is -1.42. The lowest BCUT2D eigenvalue weighted by Crippen LogP contribution is -2.57. The zero-order valence-corrected chi connectivity index (χ0v) is 20.1. The minimum absolute atomic E-state index is 0.0505. The molecule has 1 aromatic carbocycles. The molecule has 3 atom stereocenters. The Morgan fingerprint density at radius 3 is 2.27 bits per heavy atom. The molecule has 1 fully saturated rings. The fourth-order valence-corrected chi connectivity index (χ4v) is 4.15. The summed E-state index contributed by atoms with van der Waals surface area (Å²) in [7, 11) is 0. The van der Waals surface area contributed by atoms with Gasteiger partial charge in [0.05, 0.1) is 11.7 Å². The van der Waals surface area contributed by atoms with Crippen molar-refractivity contribution in [3.05, 3.63) is 35.9 Å². The Balaban J connectivity index is 2.05. The van der Waals surface area contributed by atoms with Gasteiger partial charge >= 0.3 is 12.1 Å². The van der Waals surface area contributed by atoms with E-state index in [9.17, 15) is 19.5 Å². The number of benzene rings is 1. The van der Waals surface area contributed by atoms with Gasteiger partial charge in [0.25, 0.3) is 0 Å². The van der Waals surface area contributed by atoms with Crippen LogP contribution in [-0.2, 0) is 25.7 Å². The average Bonchev–Trinajstić information content (AvgIpc) is 2.75. The quantitative estimate of drug-likeness (QED) is 0.484. The Bertz CT molecular complexity index is 771. The molecule has 1 aromatic rings. The van der Waals surface area contributed by atoms with Gasteiger partial charge in [0, 0.05) is 0 Å². The lowest BCUT2D eigenvalue weighted by Gasteiger charge is -2.31. The molecule has 1 saturated carbocycles. The Hall–Kier alpha value is -2.61. The predicted molar refractivity (Wildman–Crippen MR) is 125 cm³/mol. The van der Waals surface area contributed by atoms with Crippen LogP contribution in [0.1, 0.15) is 71.8 Å². The first-order valence-electron chi connectivity index (χ1n) is 11.7. The van der Waals surface area contributed by atoms with Gasteiger partial charge in [-0.2, -0.15) is 0 Å². The molecule has 2 amide bonds. The van der Waals surface area contributed by atoms with E-state index in [0.29, 0.717) is 6.42 Å². The maximum absolute atomic E-state index is 13.1. The monoisotopic (exact) mass is 462 g/mol. The fraction of sp³-hybridized carbons (Fsp3) is 0.640. The summed E-state index contributed by atoms with van der Waals surface area (Å²) < 4.78 is 11.2. The molecule has 33 heavy (non-hydrogen) atoms. The number of rotatable bonds is 10. The molecule has 1 aliphatic carbocycles. The Morgan fingerprint density at radius 2 is 1.70 bits per heavy atom. The molecule has 184 valence electrons. The average molecular weight is 463 g/mol. The van der Waals surface area contributed by atoms with Gasteiger partial charge in [-0.3, -0.25) is 4.79 Å². The highest BCUT2D eigenvalue weighted by molar-refractivity contribution is 5.89. The third kappa shape index (κ3) is 9.82. The second kappa shape index (κ2) is 12.6. The zero-order valence-electron chi connectivity index (χ0n) is 20.1. The molecule has 0 radical (unpaired) electrons. The molecule has 1 unspecified atom stereocenters. The molecule has 8 nitrogen and oxygen atoms in total. The Kier molecular flexibility index (Phi) is 10.2. The van der Waals surface area contributed by atoms with E-state index < -0.39 is 41.8 Å². The predicted octanol–water partition coefficient (Wildman–Crippen LogP) is 4.02. The minimum atomic E-state index is -1.11. The summed E-state index contributed by atoms with van der Waals surface area (Å²) in [6.45, 7) is 7.25. The van der Waals surface area contributed by atoms with E-state index in [4.69, 9.17) is 9.47 Å². The van der Waals surface area contributed by atoms with Gasteiger partial charge in [0.1, 0.15) is 18.7 Å². The van der Waals surface area contributed by atoms with Gasteiger partial charge in [-0.25, -0.2) is 9.59 Å². The standard InChI is InChI=1S/C25H38N2O6/c1-17(33-25(2,3)4)21(27-24(31)32-16-19-13-9-6-10-14-19)22(28)26-20(23(29)30)15-18-11-7-5-8-12-18/h6,9-10,13-14,17-18,20-21H,5,7-8,11-12,15-16H2,1-4H3,(H,26,28)(H,27,31)(H,29,30)/t17?,20-,21-/m0/s1. The summed E-state index contributed by atoms with van der Waals surface area (Å²) >= 11 is 0. The van der Waals surface area contributed by atoms with Crippen molar-refractivity contribution < 1.29 is 29.0 Å². The van der Waals surface area contributed by atoms with Gasteiger partial charge < -0.3 is 25.2 Å². The van der Waals surface area contributed by atoms with Crippen LogP contribution in [0.5, 0.6) is 0 Å². The van der Waals surface area contributed by atoms with Crippen LogP contribution in [0.15, 0.2) is 30.3 Å². The van der Waals surface area contributed by atoms with Crippen LogP contribution in [0.3, 0.4) is 0 Å². The SMILES string of the molecule is CC(OC(C)(C)C)[C@H](NC(=O)OCc1ccccc1)C(=O)N[C@@H](CC1CCCCC1)C(=O)O. The van der Waals surface area contributed by atoms with Crippen molar-refractivity contribution in [1.29, 1.82) is 0 Å². The smallest absolute Gasteiger partial charge is 0.408 e. The van der Waals surface area contributed by atoms with Crippen molar-refractivity contribution in [3.8, 4) is 0 Å². The summed E-state index contributed by atoms with van der Waals surface area (Å²) in [5.41, 5.74) is 0.244. The number of alkyl carbamates (subject to hydrolysis) is 1. The number of hydrogen-bond donors (Lipinski definition) is 3. The van der Waals surface area contributed by atoms with E-state index in [0.717, 1.165) is 31.2 Å². The van der Waals surface area contributed by atoms with Crippen LogP contribution in [0, 0.1) is 5.92 Å². The van der Waals surface area contributed by atoms with Crippen LogP contribution in [0.2, 0.25) is 0 Å². The van der Waals surface area contributed by atoms with Crippen LogP contribution >= 0.6 is 0 Å². The normalized spacial score (nSPS) is 17.5. The number of amides is 2. The zero-order chi connectivity index (χ0) is 24.4. The first-order valence-corrected chi connectivity index (χ1v) is 11.7. The topological polar surface area (TPSA) is 114 Å². The van der Waals surface area contributed by atoms with Crippen molar-refractivity contribution >= 4 is 18.0 Å². The van der Waals surface area contributed by atoms with E-state index in [1.807, 2.05) is 51.1 Å². The maximum Gasteiger partial charge on any atom is 0.408 e. The number of hydrogen-bond acceptors (Lipinski definition) is 5. The molecule has 2 rings (SSSR count). The molecule has 0 heterocycles. The highest BCUT2D eigenvalue weighted by Crippen LogP contribution is 2.27. The third-order valence-electron chi connectivity index (χ3n) is 5.69. The highest BCUT2D eigenvalue weighted by Gasteiger charge is 2.34. The molecular formula is C25H38N2O6. The van der Waals surface area contributed by atoms with Gasteiger partial charge in [-0.1, -0.05) is 62.4 Å². The molecular weight excluding hydrogens is 424 g/mol. The van der Waals surface area contributed by atoms with E-state index in [1.54, 1.807) is 6.92 Å². The summed E-state index contributed by atoms with van der Waals surface area (Å²) in [6, 6.07) is 7.06. The number of aliphatic carboxylic acids is 1. The lowest BCUT2D eigenvalue weighted by atomic mass is 9.84. The number of carbonyl (C=O) groups is 3. The number of carboxylic acid groups (broad SMARTS) is 1. The molecule has 0 aliphatic heterocycles. The van der Waals surface area contributed by atoms with E-state index in [1.165, 1.54) is 6.42 Å². The van der Waals surface area contributed by atoms with Crippen molar-refractivity contribution in [1.82, 2.24) is 10.6 Å². The van der Waals surface area contributed by atoms with E-state index >= 15 is 0 Å². The van der Waals surface area contributed by atoms with Crippen molar-refractivity contribution in [2.75, 3.05) is 0 Å². The second-order valence-electron chi connectivity index (χ2n) is 9.76. The summed E-state index contributed by atoms with van der Waals surface area (Å²) in [6.07, 6.45) is 4.16. The highest BCUT2D eigenvalue weighted by atomic mass is 16.6. The van der Waals surface area contributed by atoms with Gasteiger partial charge in [-0.15, -0.1) is 0 Å². The molecule has 3 N–H and O–H groups in total. The summed E-state index contributed by atoms with van der Waals surface area (Å²) in [4.78, 5) is 37.4. The molecule has 0 aromatic heterocycles. The Morgan fingerprint density at radius 1 is 1.06 bits per heavy atom. The second-order valence-corrected chi connectivity index (χ2v) is 9.76. The fourth-order valence-electron chi connectivity index (χ4n) is 4.15. The first-order chi connectivity index (χ1) is 15.5. The number of ether oxygens (including phenoxy) is 2. The van der Waals surface area contributed by atoms with E-state index in [2.05, 4.69) is 10.6 Å². The minimum Gasteiger partial charge on any atom is -0.480 e. The number of carbonyl (C=O) groups excluding carboxylic acids is 2. The van der Waals surface area contributed by atoms with Crippen LogP contribution in [0.25, 0.3) is 0 Å². The summed E-state index contributed by atoms with van der Waals surface area (Å²) in [5, 5.41) is 14.9. The molecule has 0 spiro atoms. The maximum atomic E-state index is 13.1. The molecule has 8 heteroatoms. The number of carboxylic acids is 1. The van der Waals surface area contributed by atoms with Crippen LogP contribution < -0.4 is 10.6 Å². The molecule has 0 bridgehead atoms. The van der Waals surface area contributed by atoms with Gasteiger partial charge in [0.2, 0.25) is 5.91 Å². The van der Waals surface area contributed by atoms with Crippen LogP contribution in [0.4, 0.5) is 4.79 Å². The van der Waals surface area contributed by atoms with Crippen molar-refractivity contribution in [3.63, 3.8) is 0 Å². The molecule has 1 aliphatic rings. The van der Waals surface area contributed by atoms with Crippen molar-refractivity contribution in [2.24, 2.45) is 5.92 Å². The lowest BCUT2D eigenvalue weighted by molar-refractivity contribution is -0.144. The van der Waals surface area contributed by atoms with Crippen LogP contribution in [-0.4, -0.2) is 46.9 Å². The Labute approximate surface area is 196 Å². The first kappa shape index (κ1) is 26.6. The third-order valence-corrected chi connectivity index (χ3v) is 5.69. The number of nitrogens with one attached hydrogen (secondary N) is 2. The molecule has 0 saturated heterocycles. The van der Waals surface area contributed by atoms with Gasteiger partial charge in [-0.05, 0) is 45.6 Å². The largest absolute Gasteiger partial charge is 0.480 e. The van der Waals surface area contributed by atoms with Crippen molar-refractivity contribution in [2.45, 2.75) is 96.6 Å².